The van der Waals surface area contributed by atoms with E-state index in [4.69, 9.17) is 14.4 Å². The molecule has 0 atom stereocenters. The molecule has 0 N–H and O–H groups in total. The highest BCUT2D eigenvalue weighted by Crippen LogP contribution is 2.63. The molecule has 11 rings (SSSR count). The number of hydrogen-bond acceptors (Lipinski definition) is 4. The normalized spacial score (nSPS) is 13.4. The molecular formula is C46H27N3O. The van der Waals surface area contributed by atoms with Gasteiger partial charge in [-0.15, -0.1) is 0 Å². The predicted molar refractivity (Wildman–Crippen MR) is 200 cm³/mol. The molecule has 6 aromatic carbocycles. The second-order valence-corrected chi connectivity index (χ2v) is 13.2. The largest absolute Gasteiger partial charge is 0.418 e. The summed E-state index contributed by atoms with van der Waals surface area (Å²) in [6.45, 7) is 0. The minimum atomic E-state index is -0.396. The fraction of sp³-hybridized carbons (Fsp3) is 0.0217. The standard InChI is InChI=1S/C46H27N3O/c1-2-10-32-31(9-1)26-47-27-37(32)28-17-19-29(20-18-28)44-49-43-24-23-42(48-45(43)50-44)30-21-22-36-35-13-5-8-16-40(35)46(41(36)25-30)38-14-6-3-11-33(38)34-12-4-7-15-39(34)46/h1-27H. The summed E-state index contributed by atoms with van der Waals surface area (Å²) in [6, 6.07) is 54.2. The Kier molecular flexibility index (Phi) is 5.56. The maximum Gasteiger partial charge on any atom is 0.247 e. The van der Waals surface area contributed by atoms with Crippen LogP contribution in [0.2, 0.25) is 0 Å². The van der Waals surface area contributed by atoms with Crippen LogP contribution in [0.25, 0.3) is 78.1 Å². The van der Waals surface area contributed by atoms with Crippen LogP contribution in [0.1, 0.15) is 22.3 Å². The predicted octanol–water partition coefficient (Wildman–Crippen LogP) is 11.1. The van der Waals surface area contributed by atoms with Crippen molar-refractivity contribution in [2.24, 2.45) is 0 Å². The summed E-state index contributed by atoms with van der Waals surface area (Å²) >= 11 is 0. The van der Waals surface area contributed by atoms with Gasteiger partial charge in [-0.25, -0.2) is 9.97 Å². The topological polar surface area (TPSA) is 51.8 Å². The summed E-state index contributed by atoms with van der Waals surface area (Å²) in [6.07, 6.45) is 3.82. The molecule has 0 saturated heterocycles. The number of aromatic nitrogens is 3. The molecule has 50 heavy (non-hydrogen) atoms. The van der Waals surface area contributed by atoms with Crippen molar-refractivity contribution in [3.63, 3.8) is 0 Å². The molecule has 3 heterocycles. The number of rotatable bonds is 3. The van der Waals surface area contributed by atoms with Crippen LogP contribution in [0.5, 0.6) is 0 Å². The van der Waals surface area contributed by atoms with E-state index in [-0.39, 0.29) is 0 Å². The maximum atomic E-state index is 6.33. The van der Waals surface area contributed by atoms with Gasteiger partial charge < -0.3 is 4.42 Å². The Bertz CT molecular complexity index is 2760. The van der Waals surface area contributed by atoms with Crippen LogP contribution in [0, 0.1) is 0 Å². The molecule has 0 bridgehead atoms. The molecule has 1 spiro atoms. The number of pyridine rings is 2. The molecule has 0 saturated carbocycles. The lowest BCUT2D eigenvalue weighted by atomic mass is 9.70. The SMILES string of the molecule is c1ccc2c(c1)-c1ccccc1C21c2ccccc2-c2ccc(-c3ccc4nc(-c5ccc(-c6cncc7ccccc67)cc5)oc4n3)cc21. The molecule has 4 nitrogen and oxygen atoms in total. The molecule has 2 aliphatic rings. The van der Waals surface area contributed by atoms with E-state index in [1.54, 1.807) is 0 Å². The van der Waals surface area contributed by atoms with Crippen LogP contribution in [0.4, 0.5) is 0 Å². The molecule has 3 aromatic heterocycles. The van der Waals surface area contributed by atoms with Crippen molar-refractivity contribution in [2.45, 2.75) is 5.41 Å². The molecule has 9 aromatic rings. The smallest absolute Gasteiger partial charge is 0.247 e. The van der Waals surface area contributed by atoms with E-state index in [2.05, 4.69) is 145 Å². The zero-order valence-corrected chi connectivity index (χ0v) is 26.8. The van der Waals surface area contributed by atoms with Gasteiger partial charge in [0.25, 0.3) is 0 Å². The first-order valence-electron chi connectivity index (χ1n) is 16.9. The lowest BCUT2D eigenvalue weighted by Gasteiger charge is -2.30. The van der Waals surface area contributed by atoms with Gasteiger partial charge in [-0.2, -0.15) is 0 Å². The van der Waals surface area contributed by atoms with Gasteiger partial charge in [0, 0.05) is 34.5 Å². The molecule has 0 radical (unpaired) electrons. The molecule has 2 aliphatic carbocycles. The minimum absolute atomic E-state index is 0.396. The Hall–Kier alpha value is -6.65. The second-order valence-electron chi connectivity index (χ2n) is 13.2. The Balaban J connectivity index is 1.01. The zero-order valence-electron chi connectivity index (χ0n) is 26.8. The van der Waals surface area contributed by atoms with Crippen LogP contribution in [0.3, 0.4) is 0 Å². The molecule has 0 fully saturated rings. The van der Waals surface area contributed by atoms with E-state index in [0.717, 1.165) is 38.9 Å². The van der Waals surface area contributed by atoms with Crippen molar-refractivity contribution < 1.29 is 4.42 Å². The van der Waals surface area contributed by atoms with E-state index in [9.17, 15) is 0 Å². The third-order valence-electron chi connectivity index (χ3n) is 10.7. The lowest BCUT2D eigenvalue weighted by molar-refractivity contribution is 0.608. The van der Waals surface area contributed by atoms with Crippen molar-refractivity contribution in [1.82, 2.24) is 15.0 Å². The van der Waals surface area contributed by atoms with Gasteiger partial charge >= 0.3 is 0 Å². The van der Waals surface area contributed by atoms with E-state index >= 15 is 0 Å². The molecular weight excluding hydrogens is 611 g/mol. The van der Waals surface area contributed by atoms with Gasteiger partial charge in [-0.3, -0.25) is 4.98 Å². The van der Waals surface area contributed by atoms with Crippen LogP contribution in [-0.2, 0) is 5.41 Å². The van der Waals surface area contributed by atoms with Crippen molar-refractivity contribution in [3.8, 4) is 56.1 Å². The highest BCUT2D eigenvalue weighted by Gasteiger charge is 2.51. The number of oxazole rings is 1. The van der Waals surface area contributed by atoms with Gasteiger partial charge in [0.05, 0.1) is 11.1 Å². The minimum Gasteiger partial charge on any atom is -0.418 e. The summed E-state index contributed by atoms with van der Waals surface area (Å²) in [5.41, 5.74) is 16.3. The third kappa shape index (κ3) is 3.67. The molecule has 0 aliphatic heterocycles. The fourth-order valence-electron chi connectivity index (χ4n) is 8.49. The highest BCUT2D eigenvalue weighted by atomic mass is 16.4. The van der Waals surface area contributed by atoms with Gasteiger partial charge in [0.2, 0.25) is 11.6 Å². The summed E-state index contributed by atoms with van der Waals surface area (Å²) in [4.78, 5) is 14.3. The summed E-state index contributed by atoms with van der Waals surface area (Å²) in [7, 11) is 0. The summed E-state index contributed by atoms with van der Waals surface area (Å²) < 4.78 is 6.33. The van der Waals surface area contributed by atoms with Gasteiger partial charge in [0.15, 0.2) is 0 Å². The Morgan fingerprint density at radius 3 is 1.76 bits per heavy atom. The number of benzene rings is 6. The van der Waals surface area contributed by atoms with Crippen LogP contribution >= 0.6 is 0 Å². The average molecular weight is 638 g/mol. The first kappa shape index (κ1) is 27.3. The molecule has 4 heteroatoms. The van der Waals surface area contributed by atoms with E-state index < -0.39 is 5.41 Å². The van der Waals surface area contributed by atoms with Crippen LogP contribution < -0.4 is 0 Å². The Labute approximate surface area is 288 Å². The highest BCUT2D eigenvalue weighted by molar-refractivity contribution is 5.97. The summed E-state index contributed by atoms with van der Waals surface area (Å²) in [5, 5.41) is 2.30. The van der Waals surface area contributed by atoms with E-state index in [1.165, 1.54) is 49.9 Å². The fourth-order valence-corrected chi connectivity index (χ4v) is 8.49. The third-order valence-corrected chi connectivity index (χ3v) is 10.7. The number of hydrogen-bond donors (Lipinski definition) is 0. The van der Waals surface area contributed by atoms with Crippen molar-refractivity contribution in [1.29, 1.82) is 0 Å². The van der Waals surface area contributed by atoms with Gasteiger partial charge in [-0.1, -0.05) is 121 Å². The molecule has 0 unspecified atom stereocenters. The Morgan fingerprint density at radius 1 is 0.440 bits per heavy atom. The van der Waals surface area contributed by atoms with Crippen molar-refractivity contribution >= 4 is 22.0 Å². The second kappa shape index (κ2) is 10.2. The monoisotopic (exact) mass is 637 g/mol. The van der Waals surface area contributed by atoms with E-state index in [1.807, 2.05) is 24.5 Å². The number of fused-ring (bicyclic) bond motifs is 12. The lowest BCUT2D eigenvalue weighted by Crippen LogP contribution is -2.25. The zero-order chi connectivity index (χ0) is 32.8. The van der Waals surface area contributed by atoms with E-state index in [0.29, 0.717) is 11.6 Å². The Morgan fingerprint density at radius 2 is 1.04 bits per heavy atom. The maximum absolute atomic E-state index is 6.33. The van der Waals surface area contributed by atoms with Crippen molar-refractivity contribution in [3.05, 3.63) is 186 Å². The molecule has 0 amide bonds. The van der Waals surface area contributed by atoms with Gasteiger partial charge in [-0.05, 0) is 85.8 Å². The quantitative estimate of drug-likeness (QED) is 0.193. The number of nitrogens with zero attached hydrogens (tertiary/aromatic N) is 3. The first-order valence-corrected chi connectivity index (χ1v) is 16.9. The van der Waals surface area contributed by atoms with Crippen LogP contribution in [0.15, 0.2) is 168 Å². The average Bonchev–Trinajstić information content (AvgIpc) is 3.84. The van der Waals surface area contributed by atoms with Crippen molar-refractivity contribution in [2.75, 3.05) is 0 Å². The summed E-state index contributed by atoms with van der Waals surface area (Å²) in [5.74, 6) is 0.551. The van der Waals surface area contributed by atoms with Gasteiger partial charge in [0.1, 0.15) is 5.52 Å². The first-order chi connectivity index (χ1) is 24.8. The van der Waals surface area contributed by atoms with Crippen LogP contribution in [-0.4, -0.2) is 15.0 Å². The molecule has 232 valence electrons.